The van der Waals surface area contributed by atoms with Crippen molar-refractivity contribution in [1.82, 2.24) is 4.98 Å². The Morgan fingerprint density at radius 3 is 2.67 bits per heavy atom. The van der Waals surface area contributed by atoms with Crippen LogP contribution in [0.4, 0.5) is 0 Å². The van der Waals surface area contributed by atoms with Crippen molar-refractivity contribution >= 4 is 5.97 Å². The summed E-state index contributed by atoms with van der Waals surface area (Å²) in [5.41, 5.74) is 1.88. The van der Waals surface area contributed by atoms with Gasteiger partial charge in [0, 0.05) is 17.8 Å². The molecule has 0 radical (unpaired) electrons. The van der Waals surface area contributed by atoms with Crippen LogP contribution in [0.25, 0.3) is 0 Å². The standard InChI is InChI=1S/C12H15NO2/c1-7-4-5-13-8(6-7)9-10(11(14)15)12(9,2)3/h4-6,9-10H,1-3H3,(H,14,15)/t9-,10+/m1/s1. The molecule has 1 heterocycles. The van der Waals surface area contributed by atoms with Crippen LogP contribution in [0, 0.1) is 18.3 Å². The number of carboxylic acid groups (broad SMARTS) is 1. The van der Waals surface area contributed by atoms with E-state index in [9.17, 15) is 4.79 Å². The molecule has 3 nitrogen and oxygen atoms in total. The van der Waals surface area contributed by atoms with Gasteiger partial charge in [0.2, 0.25) is 0 Å². The van der Waals surface area contributed by atoms with Crippen LogP contribution in [0.1, 0.15) is 31.0 Å². The molecule has 0 amide bonds. The Morgan fingerprint density at radius 2 is 2.20 bits per heavy atom. The lowest BCUT2D eigenvalue weighted by atomic mass is 10.1. The van der Waals surface area contributed by atoms with Gasteiger partial charge in [-0.15, -0.1) is 0 Å². The van der Waals surface area contributed by atoms with Crippen LogP contribution in [-0.4, -0.2) is 16.1 Å². The quantitative estimate of drug-likeness (QED) is 0.805. The van der Waals surface area contributed by atoms with Crippen molar-refractivity contribution in [3.05, 3.63) is 29.6 Å². The Morgan fingerprint density at radius 1 is 1.53 bits per heavy atom. The van der Waals surface area contributed by atoms with Gasteiger partial charge in [-0.2, -0.15) is 0 Å². The second kappa shape index (κ2) is 3.05. The van der Waals surface area contributed by atoms with Gasteiger partial charge in [0.05, 0.1) is 5.92 Å². The maximum Gasteiger partial charge on any atom is 0.307 e. The fourth-order valence-corrected chi connectivity index (χ4v) is 2.38. The number of hydrogen-bond donors (Lipinski definition) is 1. The molecule has 0 saturated heterocycles. The normalized spacial score (nSPS) is 27.4. The van der Waals surface area contributed by atoms with E-state index >= 15 is 0 Å². The van der Waals surface area contributed by atoms with Gasteiger partial charge in [-0.3, -0.25) is 9.78 Å². The lowest BCUT2D eigenvalue weighted by molar-refractivity contribution is -0.139. The molecule has 80 valence electrons. The molecular formula is C12H15NO2. The van der Waals surface area contributed by atoms with Crippen molar-refractivity contribution in [3.63, 3.8) is 0 Å². The summed E-state index contributed by atoms with van der Waals surface area (Å²) in [6, 6.07) is 3.91. The summed E-state index contributed by atoms with van der Waals surface area (Å²) in [7, 11) is 0. The molecule has 0 aromatic carbocycles. The monoisotopic (exact) mass is 205 g/mol. The van der Waals surface area contributed by atoms with Crippen LogP contribution < -0.4 is 0 Å². The largest absolute Gasteiger partial charge is 0.481 e. The second-order valence-electron chi connectivity index (χ2n) is 4.87. The van der Waals surface area contributed by atoms with Crippen LogP contribution >= 0.6 is 0 Å². The molecule has 15 heavy (non-hydrogen) atoms. The zero-order valence-electron chi connectivity index (χ0n) is 9.19. The summed E-state index contributed by atoms with van der Waals surface area (Å²) in [6.07, 6.45) is 1.75. The van der Waals surface area contributed by atoms with Crippen LogP contribution in [0.5, 0.6) is 0 Å². The SMILES string of the molecule is Cc1ccnc([C@@H]2[C@@H](C(=O)O)C2(C)C)c1. The number of aromatic nitrogens is 1. The van der Waals surface area contributed by atoms with Crippen molar-refractivity contribution in [2.45, 2.75) is 26.7 Å². The zero-order chi connectivity index (χ0) is 11.2. The lowest BCUT2D eigenvalue weighted by Crippen LogP contribution is -2.03. The van der Waals surface area contributed by atoms with Crippen LogP contribution in [0.3, 0.4) is 0 Å². The number of rotatable bonds is 2. The number of nitrogens with zero attached hydrogens (tertiary/aromatic N) is 1. The third-order valence-corrected chi connectivity index (χ3v) is 3.35. The Kier molecular flexibility index (Phi) is 2.07. The fourth-order valence-electron chi connectivity index (χ4n) is 2.38. The molecule has 1 aromatic rings. The average molecular weight is 205 g/mol. The number of hydrogen-bond acceptors (Lipinski definition) is 2. The van der Waals surface area contributed by atoms with E-state index in [0.717, 1.165) is 11.3 Å². The zero-order valence-corrected chi connectivity index (χ0v) is 9.19. The molecule has 0 unspecified atom stereocenters. The summed E-state index contributed by atoms with van der Waals surface area (Å²) in [5.74, 6) is -0.935. The van der Waals surface area contributed by atoms with Crippen LogP contribution in [0.15, 0.2) is 18.3 Å². The average Bonchev–Trinajstić information content (AvgIpc) is 2.69. The third kappa shape index (κ3) is 1.52. The van der Waals surface area contributed by atoms with Crippen LogP contribution in [0.2, 0.25) is 0 Å². The Bertz CT molecular complexity index is 412. The highest BCUT2D eigenvalue weighted by Gasteiger charge is 2.63. The van der Waals surface area contributed by atoms with E-state index in [2.05, 4.69) is 4.98 Å². The first kappa shape index (κ1) is 10.1. The number of carboxylic acids is 1. The Labute approximate surface area is 89.2 Å². The van der Waals surface area contributed by atoms with E-state index in [1.807, 2.05) is 32.9 Å². The molecule has 0 spiro atoms. The molecule has 1 saturated carbocycles. The molecule has 1 fully saturated rings. The molecule has 1 N–H and O–H groups in total. The predicted molar refractivity (Wildman–Crippen MR) is 56.6 cm³/mol. The van der Waals surface area contributed by atoms with Crippen molar-refractivity contribution in [2.24, 2.45) is 11.3 Å². The Balaban J connectivity index is 2.31. The van der Waals surface area contributed by atoms with Crippen molar-refractivity contribution in [3.8, 4) is 0 Å². The minimum Gasteiger partial charge on any atom is -0.481 e. The first-order valence-electron chi connectivity index (χ1n) is 5.10. The van der Waals surface area contributed by atoms with Gasteiger partial charge >= 0.3 is 5.97 Å². The van der Waals surface area contributed by atoms with E-state index in [0.29, 0.717) is 0 Å². The summed E-state index contributed by atoms with van der Waals surface area (Å²) >= 11 is 0. The molecule has 1 aliphatic rings. The molecular weight excluding hydrogens is 190 g/mol. The highest BCUT2D eigenvalue weighted by atomic mass is 16.4. The van der Waals surface area contributed by atoms with Gasteiger partial charge in [0.25, 0.3) is 0 Å². The molecule has 2 rings (SSSR count). The van der Waals surface area contributed by atoms with E-state index in [1.54, 1.807) is 6.20 Å². The van der Waals surface area contributed by atoms with Gasteiger partial charge in [-0.1, -0.05) is 13.8 Å². The lowest BCUT2D eigenvalue weighted by Gasteiger charge is -2.02. The molecule has 2 atom stereocenters. The van der Waals surface area contributed by atoms with E-state index in [4.69, 9.17) is 5.11 Å². The Hall–Kier alpha value is -1.38. The minimum absolute atomic E-state index is 0.0647. The fraction of sp³-hybridized carbons (Fsp3) is 0.500. The summed E-state index contributed by atoms with van der Waals surface area (Å²) < 4.78 is 0. The summed E-state index contributed by atoms with van der Waals surface area (Å²) in [5, 5.41) is 9.06. The number of carbonyl (C=O) groups is 1. The van der Waals surface area contributed by atoms with E-state index < -0.39 is 5.97 Å². The number of pyridine rings is 1. The first-order valence-corrected chi connectivity index (χ1v) is 5.10. The molecule has 0 aliphatic heterocycles. The van der Waals surface area contributed by atoms with E-state index in [-0.39, 0.29) is 17.3 Å². The van der Waals surface area contributed by atoms with Crippen molar-refractivity contribution < 1.29 is 9.90 Å². The van der Waals surface area contributed by atoms with Gasteiger partial charge in [-0.25, -0.2) is 0 Å². The van der Waals surface area contributed by atoms with Gasteiger partial charge in [0.15, 0.2) is 0 Å². The highest BCUT2D eigenvalue weighted by molar-refractivity contribution is 5.77. The predicted octanol–water partition coefficient (Wildman–Crippen LogP) is 2.21. The highest BCUT2D eigenvalue weighted by Crippen LogP contribution is 2.63. The van der Waals surface area contributed by atoms with Gasteiger partial charge in [0.1, 0.15) is 0 Å². The third-order valence-electron chi connectivity index (χ3n) is 3.35. The maximum absolute atomic E-state index is 11.0. The summed E-state index contributed by atoms with van der Waals surface area (Å²) in [6.45, 7) is 5.97. The van der Waals surface area contributed by atoms with Crippen molar-refractivity contribution in [2.75, 3.05) is 0 Å². The number of aliphatic carboxylic acids is 1. The smallest absolute Gasteiger partial charge is 0.307 e. The summed E-state index contributed by atoms with van der Waals surface area (Å²) in [4.78, 5) is 15.3. The van der Waals surface area contributed by atoms with Gasteiger partial charge in [-0.05, 0) is 30.0 Å². The van der Waals surface area contributed by atoms with E-state index in [1.165, 1.54) is 0 Å². The molecule has 1 aromatic heterocycles. The minimum atomic E-state index is -0.715. The molecule has 1 aliphatic carbocycles. The maximum atomic E-state index is 11.0. The second-order valence-corrected chi connectivity index (χ2v) is 4.87. The van der Waals surface area contributed by atoms with Crippen molar-refractivity contribution in [1.29, 1.82) is 0 Å². The van der Waals surface area contributed by atoms with Crippen LogP contribution in [-0.2, 0) is 4.79 Å². The molecule has 3 heteroatoms. The van der Waals surface area contributed by atoms with Gasteiger partial charge < -0.3 is 5.11 Å². The number of aryl methyl sites for hydroxylation is 1. The first-order chi connectivity index (χ1) is 6.94. The molecule has 0 bridgehead atoms. The topological polar surface area (TPSA) is 50.2 Å².